The summed E-state index contributed by atoms with van der Waals surface area (Å²) in [6.07, 6.45) is 11.4. The van der Waals surface area contributed by atoms with E-state index in [2.05, 4.69) is 59.7 Å². The number of nitrogens with one attached hydrogen (secondary N) is 5. The number of rotatable bonds is 12. The number of hydrogen-bond donors (Lipinski definition) is 6. The van der Waals surface area contributed by atoms with Crippen LogP contribution in [0, 0.1) is 0 Å². The van der Waals surface area contributed by atoms with Gasteiger partial charge in [-0.05, 0) is 146 Å². The van der Waals surface area contributed by atoms with Gasteiger partial charge in [0.25, 0.3) is 11.8 Å². The van der Waals surface area contributed by atoms with Gasteiger partial charge in [0.15, 0.2) is 24.8 Å². The van der Waals surface area contributed by atoms with Crippen molar-refractivity contribution in [1.82, 2.24) is 9.97 Å². The molecular formula is C61H63Cl3N12O2. The molecule has 0 atom stereocenters. The van der Waals surface area contributed by atoms with Crippen LogP contribution in [-0.2, 0) is 14.1 Å². The van der Waals surface area contributed by atoms with Crippen LogP contribution in [0.25, 0.3) is 21.8 Å². The Hall–Kier alpha value is -8.95. The third kappa shape index (κ3) is 16.5. The van der Waals surface area contributed by atoms with Crippen LogP contribution in [0.2, 0.25) is 5.02 Å². The summed E-state index contributed by atoms with van der Waals surface area (Å²) in [6, 6.07) is 53.5. The summed E-state index contributed by atoms with van der Waals surface area (Å²) in [5, 5.41) is 18.7. The lowest BCUT2D eigenvalue weighted by Crippen LogP contribution is -3.00. The molecular weight excluding hydrogens is 1040 g/mol. The lowest BCUT2D eigenvalue weighted by atomic mass is 10.1. The molecule has 0 aliphatic carbocycles. The number of anilines is 11. The minimum absolute atomic E-state index is 0. The molecule has 0 saturated carbocycles. The average molecular weight is 1100 g/mol. The van der Waals surface area contributed by atoms with E-state index in [1.54, 1.807) is 42.7 Å². The largest absolute Gasteiger partial charge is 1.00 e. The summed E-state index contributed by atoms with van der Waals surface area (Å²) in [4.78, 5) is 37.8. The number of halogens is 3. The van der Waals surface area contributed by atoms with Crippen LogP contribution in [-0.4, -0.2) is 50.0 Å². The molecule has 0 spiro atoms. The van der Waals surface area contributed by atoms with Crippen LogP contribution in [0.5, 0.6) is 0 Å². The van der Waals surface area contributed by atoms with Gasteiger partial charge in [-0.25, -0.2) is 9.13 Å². The molecule has 0 saturated heterocycles. The number of carbonyl (C=O) groups is 2. The molecule has 0 aliphatic heterocycles. The van der Waals surface area contributed by atoms with Crippen molar-refractivity contribution in [2.75, 3.05) is 70.3 Å². The van der Waals surface area contributed by atoms with E-state index >= 15 is 0 Å². The SMILES string of the molecule is C.CN(C)c1ccc2c(Cl)ccnc2c1.CN(C)c1ccc2c(Nc3ccc(C(=O)Nc4ccc(Nc5cc[n+](C)cc5)cc4)cc3)ccnc2c1.C[n+]1ccc(Nc2ccc(NC(=O)c3ccc(N)cc3)cc2)cc1.[Cl-].[Cl-]. The van der Waals surface area contributed by atoms with Crippen LogP contribution < -0.4 is 76.1 Å². The van der Waals surface area contributed by atoms with E-state index in [0.717, 1.165) is 83.7 Å². The minimum Gasteiger partial charge on any atom is -1.00 e. The van der Waals surface area contributed by atoms with E-state index in [9.17, 15) is 9.59 Å². The maximum absolute atomic E-state index is 12.8. The van der Waals surface area contributed by atoms with Crippen molar-refractivity contribution in [2.45, 2.75) is 7.43 Å². The third-order valence-corrected chi connectivity index (χ3v) is 12.2. The zero-order chi connectivity index (χ0) is 52.8. The summed E-state index contributed by atoms with van der Waals surface area (Å²) < 4.78 is 3.95. The van der Waals surface area contributed by atoms with E-state index in [-0.39, 0.29) is 44.1 Å². The molecule has 0 radical (unpaired) electrons. The Morgan fingerprint density at radius 3 is 1.27 bits per heavy atom. The van der Waals surface area contributed by atoms with E-state index in [4.69, 9.17) is 17.3 Å². The fourth-order valence-corrected chi connectivity index (χ4v) is 7.80. The predicted molar refractivity (Wildman–Crippen MR) is 315 cm³/mol. The molecule has 0 aliphatic rings. The van der Waals surface area contributed by atoms with Gasteiger partial charge in [0.1, 0.15) is 14.1 Å². The first-order valence-corrected chi connectivity index (χ1v) is 24.4. The molecule has 6 aromatic carbocycles. The number of pyridine rings is 4. The number of benzene rings is 6. The number of nitrogens with two attached hydrogens (primary N) is 1. The van der Waals surface area contributed by atoms with Crippen LogP contribution in [0.3, 0.4) is 0 Å². The van der Waals surface area contributed by atoms with Crippen LogP contribution >= 0.6 is 11.6 Å². The highest BCUT2D eigenvalue weighted by atomic mass is 35.5. The zero-order valence-electron chi connectivity index (χ0n) is 43.3. The van der Waals surface area contributed by atoms with Gasteiger partial charge >= 0.3 is 0 Å². The highest BCUT2D eigenvalue weighted by Gasteiger charge is 2.10. The van der Waals surface area contributed by atoms with Gasteiger partial charge in [-0.2, -0.15) is 0 Å². The van der Waals surface area contributed by atoms with Gasteiger partial charge in [0, 0.05) is 138 Å². The summed E-state index contributed by atoms with van der Waals surface area (Å²) in [7, 11) is 12.0. The molecule has 17 heteroatoms. The normalized spacial score (nSPS) is 10.1. The average Bonchev–Trinajstić information content (AvgIpc) is 3.42. The van der Waals surface area contributed by atoms with E-state index < -0.39 is 0 Å². The van der Waals surface area contributed by atoms with Crippen LogP contribution in [0.4, 0.5) is 62.6 Å². The second-order valence-corrected chi connectivity index (χ2v) is 18.4. The Bertz CT molecular complexity index is 3530. The van der Waals surface area contributed by atoms with E-state index in [1.807, 2.05) is 202 Å². The van der Waals surface area contributed by atoms with Crippen LogP contribution in [0.15, 0.2) is 207 Å². The maximum atomic E-state index is 12.8. The van der Waals surface area contributed by atoms with E-state index in [0.29, 0.717) is 16.8 Å². The Labute approximate surface area is 473 Å². The number of amides is 2. The standard InChI is InChI=1S/C30H28N6O.C19H18N4O.C11H11ClN2.CH4.2ClH/c1-35(2)26-12-13-27-28(14-17-31-29(27)20-26)33-23-6-4-21(5-7-23)30(37)34-24-10-8-22(9-11-24)32-25-15-18-36(3)19-16-25;1-23-12-10-18(11-13-23)21-16-6-8-17(9-7-16)22-19(24)14-2-4-15(20)5-3-14;1-14(2)8-3-4-9-10(12)5-6-13-11(9)7-8;;;/h4-20H,1-3H3,(H2,31,33,34,37);2-13H,1H3,(H3,20,22,24);3-7H,1-2H3;1H4;2*1H. The molecule has 0 unspecified atom stereocenters. The molecule has 2 amide bonds. The number of hydrogen-bond acceptors (Lipinski definition) is 10. The van der Waals surface area contributed by atoms with Crippen LogP contribution in [0.1, 0.15) is 28.1 Å². The second-order valence-electron chi connectivity index (χ2n) is 18.0. The fraction of sp³-hybridized carbons (Fsp3) is 0.115. The first kappa shape index (κ1) is 59.9. The highest BCUT2D eigenvalue weighted by Crippen LogP contribution is 2.29. The van der Waals surface area contributed by atoms with Crippen molar-refractivity contribution < 1.29 is 43.5 Å². The molecule has 14 nitrogen and oxygen atoms in total. The number of aromatic nitrogens is 4. The first-order chi connectivity index (χ1) is 36.2. The second kappa shape index (κ2) is 28.3. The molecule has 400 valence electrons. The molecule has 0 fully saturated rings. The zero-order valence-corrected chi connectivity index (χ0v) is 45.6. The molecule has 4 aromatic heterocycles. The lowest BCUT2D eigenvalue weighted by molar-refractivity contribution is -0.671. The third-order valence-electron chi connectivity index (χ3n) is 11.9. The minimum atomic E-state index is -0.161. The smallest absolute Gasteiger partial charge is 0.255 e. The van der Waals surface area contributed by atoms with Gasteiger partial charge in [-0.1, -0.05) is 19.0 Å². The number of nitrogens with zero attached hydrogens (tertiary/aromatic N) is 6. The Kier molecular flexibility index (Phi) is 21.7. The number of aryl methyl sites for hydroxylation is 2. The molecule has 7 N–H and O–H groups in total. The van der Waals surface area contributed by atoms with Gasteiger partial charge in [0.05, 0.1) is 27.4 Å². The number of nitrogen functional groups attached to an aromatic ring is 1. The molecule has 0 bridgehead atoms. The van der Waals surface area contributed by atoms with Crippen molar-refractivity contribution in [1.29, 1.82) is 0 Å². The topological polar surface area (TPSA) is 160 Å². The van der Waals surface area contributed by atoms with E-state index in [1.165, 1.54) is 0 Å². The Morgan fingerprint density at radius 2 is 0.821 bits per heavy atom. The quantitative estimate of drug-likeness (QED) is 0.0586. The molecule has 78 heavy (non-hydrogen) atoms. The summed E-state index contributed by atoms with van der Waals surface area (Å²) in [6.45, 7) is 0. The summed E-state index contributed by atoms with van der Waals surface area (Å²) in [5.41, 5.74) is 18.7. The fourth-order valence-electron chi connectivity index (χ4n) is 7.58. The van der Waals surface area contributed by atoms with Crippen molar-refractivity contribution >= 4 is 108 Å². The first-order valence-electron chi connectivity index (χ1n) is 24.0. The van der Waals surface area contributed by atoms with Gasteiger partial charge in [0.2, 0.25) is 0 Å². The van der Waals surface area contributed by atoms with Crippen molar-refractivity contribution in [3.8, 4) is 0 Å². The Morgan fingerprint density at radius 1 is 0.462 bits per heavy atom. The van der Waals surface area contributed by atoms with Crippen molar-refractivity contribution in [3.05, 3.63) is 223 Å². The monoisotopic (exact) mass is 1100 g/mol. The molecule has 10 rings (SSSR count). The lowest BCUT2D eigenvalue weighted by Gasteiger charge is -2.14. The van der Waals surface area contributed by atoms with Gasteiger partial charge in [-0.3, -0.25) is 19.6 Å². The van der Waals surface area contributed by atoms with Gasteiger partial charge in [-0.15, -0.1) is 0 Å². The highest BCUT2D eigenvalue weighted by molar-refractivity contribution is 6.35. The number of carbonyl (C=O) groups excluding carboxylic acids is 2. The molecule has 4 heterocycles. The Balaban J connectivity index is 0.000000235. The van der Waals surface area contributed by atoms with Gasteiger partial charge < -0.3 is 66.9 Å². The van der Waals surface area contributed by atoms with Crippen molar-refractivity contribution in [3.63, 3.8) is 0 Å². The maximum Gasteiger partial charge on any atom is 0.255 e. The number of fused-ring (bicyclic) bond motifs is 2. The summed E-state index contributed by atoms with van der Waals surface area (Å²) >= 11 is 6.04. The predicted octanol–water partition coefficient (Wildman–Crippen LogP) is 6.55. The molecule has 10 aromatic rings. The summed E-state index contributed by atoms with van der Waals surface area (Å²) in [5.74, 6) is -0.320. The van der Waals surface area contributed by atoms with Crippen molar-refractivity contribution in [2.24, 2.45) is 14.1 Å².